The zero-order valence-corrected chi connectivity index (χ0v) is 23.3. The Morgan fingerprint density at radius 2 is 1.60 bits per heavy atom. The number of benzene rings is 3. The molecule has 8 heteroatoms. The molecule has 1 atom stereocenters. The lowest BCUT2D eigenvalue weighted by Crippen LogP contribution is -2.34. The Balaban J connectivity index is 1.55. The highest BCUT2D eigenvalue weighted by Gasteiger charge is 2.31. The minimum Gasteiger partial charge on any atom is -0.321 e. The minimum atomic E-state index is -0.492. The standard InChI is InChI=1S/C32H30N6OS/c1-22-15-16-23(2)29-27(22)18-28(32(39)33-29)30(31-34-35-36-38(31)20-25-12-7-4-8-13-25)37(21-26-14-9-17-40-26)19-24-10-5-3-6-11-24/h3-18,30H,19-21H2,1-2H3,(H,33,39). The molecule has 0 aliphatic heterocycles. The van der Waals surface area contributed by atoms with Crippen molar-refractivity contribution in [1.29, 1.82) is 0 Å². The van der Waals surface area contributed by atoms with Crippen molar-refractivity contribution >= 4 is 22.2 Å². The van der Waals surface area contributed by atoms with Crippen molar-refractivity contribution in [1.82, 2.24) is 30.1 Å². The van der Waals surface area contributed by atoms with Gasteiger partial charge in [-0.15, -0.1) is 16.4 Å². The second-order valence-corrected chi connectivity index (χ2v) is 11.1. The fraction of sp³-hybridized carbons (Fsp3) is 0.188. The van der Waals surface area contributed by atoms with Gasteiger partial charge in [-0.05, 0) is 64.0 Å². The van der Waals surface area contributed by atoms with Crippen LogP contribution in [0.25, 0.3) is 10.9 Å². The van der Waals surface area contributed by atoms with E-state index >= 15 is 0 Å². The van der Waals surface area contributed by atoms with Crippen LogP contribution in [0.15, 0.2) is 101 Å². The van der Waals surface area contributed by atoms with Crippen LogP contribution in [0, 0.1) is 13.8 Å². The van der Waals surface area contributed by atoms with Crippen molar-refractivity contribution in [3.05, 3.63) is 145 Å². The molecule has 1 unspecified atom stereocenters. The molecule has 0 radical (unpaired) electrons. The van der Waals surface area contributed by atoms with Gasteiger partial charge in [0.05, 0.1) is 12.1 Å². The van der Waals surface area contributed by atoms with E-state index in [2.05, 4.69) is 80.2 Å². The lowest BCUT2D eigenvalue weighted by atomic mass is 9.99. The molecule has 40 heavy (non-hydrogen) atoms. The summed E-state index contributed by atoms with van der Waals surface area (Å²) in [7, 11) is 0. The number of tetrazole rings is 1. The average molecular weight is 547 g/mol. The number of hydrogen-bond acceptors (Lipinski definition) is 6. The smallest absolute Gasteiger partial charge is 0.253 e. The molecule has 0 aliphatic carbocycles. The molecule has 6 rings (SSSR count). The van der Waals surface area contributed by atoms with Crippen LogP contribution in [-0.2, 0) is 19.6 Å². The monoisotopic (exact) mass is 546 g/mol. The highest BCUT2D eigenvalue weighted by Crippen LogP contribution is 2.32. The number of thiophene rings is 1. The summed E-state index contributed by atoms with van der Waals surface area (Å²) in [6.45, 7) is 5.85. The molecule has 7 nitrogen and oxygen atoms in total. The summed E-state index contributed by atoms with van der Waals surface area (Å²) >= 11 is 1.70. The van der Waals surface area contributed by atoms with Crippen molar-refractivity contribution in [2.45, 2.75) is 39.5 Å². The second kappa shape index (κ2) is 11.4. The van der Waals surface area contributed by atoms with Crippen molar-refractivity contribution in [2.75, 3.05) is 0 Å². The lowest BCUT2D eigenvalue weighted by Gasteiger charge is -2.31. The van der Waals surface area contributed by atoms with E-state index in [9.17, 15) is 4.79 Å². The van der Waals surface area contributed by atoms with Crippen molar-refractivity contribution in [3.8, 4) is 0 Å². The van der Waals surface area contributed by atoms with Gasteiger partial charge in [0.15, 0.2) is 5.82 Å². The van der Waals surface area contributed by atoms with Crippen LogP contribution in [0.5, 0.6) is 0 Å². The molecule has 3 heterocycles. The highest BCUT2D eigenvalue weighted by molar-refractivity contribution is 7.09. The maximum Gasteiger partial charge on any atom is 0.253 e. The predicted molar refractivity (Wildman–Crippen MR) is 159 cm³/mol. The van der Waals surface area contributed by atoms with Gasteiger partial charge >= 0.3 is 0 Å². The van der Waals surface area contributed by atoms with Crippen LogP contribution in [0.4, 0.5) is 0 Å². The molecule has 1 N–H and O–H groups in total. The Morgan fingerprint density at radius 3 is 2.33 bits per heavy atom. The number of hydrogen-bond donors (Lipinski definition) is 1. The summed E-state index contributed by atoms with van der Waals surface area (Å²) in [6, 6.07) is 30.3. The Morgan fingerprint density at radius 1 is 0.875 bits per heavy atom. The maximum atomic E-state index is 13.9. The Kier molecular flexibility index (Phi) is 7.35. The normalized spacial score (nSPS) is 12.3. The summed E-state index contributed by atoms with van der Waals surface area (Å²) in [6.07, 6.45) is 0. The third-order valence-electron chi connectivity index (χ3n) is 7.28. The number of aromatic nitrogens is 5. The van der Waals surface area contributed by atoms with Crippen LogP contribution < -0.4 is 5.56 Å². The molecule has 3 aromatic carbocycles. The fourth-order valence-electron chi connectivity index (χ4n) is 5.23. The third kappa shape index (κ3) is 5.36. The molecule has 0 saturated carbocycles. The predicted octanol–water partition coefficient (Wildman–Crippen LogP) is 6.03. The van der Waals surface area contributed by atoms with Crippen LogP contribution in [0.2, 0.25) is 0 Å². The Bertz CT molecular complexity index is 1780. The zero-order chi connectivity index (χ0) is 27.5. The first kappa shape index (κ1) is 25.9. The summed E-state index contributed by atoms with van der Waals surface area (Å²) in [5.41, 5.74) is 5.73. The molecule has 3 aromatic heterocycles. The van der Waals surface area contributed by atoms with Gasteiger partial charge in [-0.1, -0.05) is 78.9 Å². The zero-order valence-electron chi connectivity index (χ0n) is 22.5. The van der Waals surface area contributed by atoms with E-state index in [4.69, 9.17) is 0 Å². The van der Waals surface area contributed by atoms with Crippen LogP contribution in [0.1, 0.15) is 44.6 Å². The first-order chi connectivity index (χ1) is 19.6. The third-order valence-corrected chi connectivity index (χ3v) is 8.14. The van der Waals surface area contributed by atoms with Gasteiger partial charge in [-0.25, -0.2) is 4.68 Å². The number of aromatic amines is 1. The van der Waals surface area contributed by atoms with Gasteiger partial charge in [-0.2, -0.15) is 0 Å². The van der Waals surface area contributed by atoms with Crippen molar-refractivity contribution < 1.29 is 0 Å². The number of nitrogens with zero attached hydrogens (tertiary/aromatic N) is 5. The van der Waals surface area contributed by atoms with Gasteiger partial charge < -0.3 is 4.98 Å². The highest BCUT2D eigenvalue weighted by atomic mass is 32.1. The Hall–Kier alpha value is -4.40. The second-order valence-electron chi connectivity index (χ2n) is 10.1. The molecular formula is C32H30N6OS. The van der Waals surface area contributed by atoms with Gasteiger partial charge in [0.25, 0.3) is 5.56 Å². The molecule has 0 fully saturated rings. The van der Waals surface area contributed by atoms with Crippen LogP contribution in [-0.4, -0.2) is 30.1 Å². The SMILES string of the molecule is Cc1ccc(C)c2[nH]c(=O)c(C(c3nnnn3Cc3ccccc3)N(Cc3ccccc3)Cc3cccs3)cc12. The number of H-pyrrole nitrogens is 1. The average Bonchev–Trinajstić information content (AvgIpc) is 3.65. The molecule has 0 aliphatic rings. The van der Waals surface area contributed by atoms with Crippen LogP contribution >= 0.6 is 11.3 Å². The Labute approximate surface area is 236 Å². The molecule has 0 spiro atoms. The van der Waals surface area contributed by atoms with Crippen molar-refractivity contribution in [2.24, 2.45) is 0 Å². The lowest BCUT2D eigenvalue weighted by molar-refractivity contribution is 0.196. The van der Waals surface area contributed by atoms with E-state index in [0.29, 0.717) is 31.0 Å². The van der Waals surface area contributed by atoms with Gasteiger partial charge in [-0.3, -0.25) is 9.69 Å². The van der Waals surface area contributed by atoms with Gasteiger partial charge in [0, 0.05) is 28.9 Å². The van der Waals surface area contributed by atoms with Crippen LogP contribution in [0.3, 0.4) is 0 Å². The maximum absolute atomic E-state index is 13.9. The van der Waals surface area contributed by atoms with E-state index < -0.39 is 6.04 Å². The van der Waals surface area contributed by atoms with E-state index in [1.807, 2.05) is 60.1 Å². The molecule has 6 aromatic rings. The van der Waals surface area contributed by atoms with E-state index in [-0.39, 0.29) is 5.56 Å². The van der Waals surface area contributed by atoms with E-state index in [1.54, 1.807) is 11.3 Å². The number of rotatable bonds is 9. The number of pyridine rings is 1. The van der Waals surface area contributed by atoms with E-state index in [1.165, 1.54) is 4.88 Å². The number of fused-ring (bicyclic) bond motifs is 1. The van der Waals surface area contributed by atoms with E-state index in [0.717, 1.165) is 33.2 Å². The largest absolute Gasteiger partial charge is 0.321 e. The molecule has 0 bridgehead atoms. The summed E-state index contributed by atoms with van der Waals surface area (Å²) in [4.78, 5) is 20.6. The quantitative estimate of drug-likeness (QED) is 0.239. The molecule has 0 saturated heterocycles. The first-order valence-corrected chi connectivity index (χ1v) is 14.2. The fourth-order valence-corrected chi connectivity index (χ4v) is 5.96. The molecular weight excluding hydrogens is 516 g/mol. The first-order valence-electron chi connectivity index (χ1n) is 13.3. The number of nitrogens with one attached hydrogen (secondary N) is 1. The van der Waals surface area contributed by atoms with Gasteiger partial charge in [0.1, 0.15) is 6.04 Å². The molecule has 200 valence electrons. The summed E-state index contributed by atoms with van der Waals surface area (Å²) in [5, 5.41) is 16.1. The number of aryl methyl sites for hydroxylation is 2. The summed E-state index contributed by atoms with van der Waals surface area (Å²) < 4.78 is 1.82. The topological polar surface area (TPSA) is 79.7 Å². The minimum absolute atomic E-state index is 0.135. The van der Waals surface area contributed by atoms with Gasteiger partial charge in [0.2, 0.25) is 0 Å². The summed E-state index contributed by atoms with van der Waals surface area (Å²) in [5.74, 6) is 0.631. The molecule has 0 amide bonds. The van der Waals surface area contributed by atoms with Crippen molar-refractivity contribution in [3.63, 3.8) is 0 Å².